The van der Waals surface area contributed by atoms with E-state index in [1.165, 1.54) is 78.8 Å². The molecule has 0 N–H and O–H groups in total. The van der Waals surface area contributed by atoms with E-state index in [1.54, 1.807) is 0 Å². The molecule has 3 nitrogen and oxygen atoms in total. The zero-order valence-electron chi connectivity index (χ0n) is 38.5. The fourth-order valence-corrected chi connectivity index (χ4v) is 13.2. The number of benzene rings is 11. The molecule has 0 fully saturated rings. The van der Waals surface area contributed by atoms with E-state index in [2.05, 4.69) is 275 Å². The first-order valence-corrected chi connectivity index (χ1v) is 25.7. The number of nitrogens with zero attached hydrogens (tertiary/aromatic N) is 3. The number of para-hydroxylation sites is 4. The number of hydrogen-bond acceptors (Lipinski definition) is 4. The Hall–Kier alpha value is -8.74. The lowest BCUT2D eigenvalue weighted by Gasteiger charge is -2.31. The van der Waals surface area contributed by atoms with Crippen LogP contribution in [0, 0.1) is 0 Å². The van der Waals surface area contributed by atoms with Crippen LogP contribution in [0.15, 0.2) is 261 Å². The summed E-state index contributed by atoms with van der Waals surface area (Å²) in [5.41, 5.74) is 14.8. The largest absolute Gasteiger partial charge is 0.310 e. The third-order valence-electron chi connectivity index (χ3n) is 13.9. The Morgan fingerprint density at radius 2 is 0.831 bits per heavy atom. The number of thiophene rings is 2. The van der Waals surface area contributed by atoms with Gasteiger partial charge < -0.3 is 14.4 Å². The van der Waals surface area contributed by atoms with Gasteiger partial charge in [-0.1, -0.05) is 158 Å². The van der Waals surface area contributed by atoms with E-state index in [0.29, 0.717) is 0 Å². The van der Waals surface area contributed by atoms with Gasteiger partial charge in [-0.25, -0.2) is 0 Å². The molecule has 5 heteroatoms. The molecule has 0 unspecified atom stereocenters. The second kappa shape index (κ2) is 17.0. The SMILES string of the molecule is c1ccc(-c2ccc(N(c3ccccc3)c3cc(-c4cc5c6ccccc6n(-c6ccccc6)c5c5c4sc4ccccc45)cc(N(c4ccccc4)c4cccc5sc6ccccc6c45)c3)cc2)cc1. The molecule has 14 aromatic rings. The van der Waals surface area contributed by atoms with Crippen LogP contribution >= 0.6 is 22.7 Å². The molecule has 0 aliphatic carbocycles. The molecule has 14 rings (SSSR count). The van der Waals surface area contributed by atoms with Gasteiger partial charge in [0.25, 0.3) is 0 Å². The first-order valence-electron chi connectivity index (χ1n) is 24.1. The van der Waals surface area contributed by atoms with E-state index >= 15 is 0 Å². The van der Waals surface area contributed by atoms with E-state index in [1.807, 2.05) is 22.7 Å². The molecule has 11 aromatic carbocycles. The van der Waals surface area contributed by atoms with Gasteiger partial charge in [-0.05, 0) is 120 Å². The summed E-state index contributed by atoms with van der Waals surface area (Å²) >= 11 is 3.75. The Morgan fingerprint density at radius 1 is 0.310 bits per heavy atom. The quantitative estimate of drug-likeness (QED) is 0.143. The van der Waals surface area contributed by atoms with Crippen molar-refractivity contribution in [3.8, 4) is 27.9 Å². The third-order valence-corrected chi connectivity index (χ3v) is 16.2. The van der Waals surface area contributed by atoms with E-state index in [0.717, 1.165) is 45.4 Å². The summed E-state index contributed by atoms with van der Waals surface area (Å²) in [4.78, 5) is 4.91. The summed E-state index contributed by atoms with van der Waals surface area (Å²) in [5.74, 6) is 0. The fourth-order valence-electron chi connectivity index (χ4n) is 10.8. The van der Waals surface area contributed by atoms with Crippen LogP contribution in [0.5, 0.6) is 0 Å². The van der Waals surface area contributed by atoms with Crippen molar-refractivity contribution in [2.24, 2.45) is 0 Å². The Labute approximate surface area is 419 Å². The van der Waals surface area contributed by atoms with Gasteiger partial charge in [-0.2, -0.15) is 0 Å². The molecule has 0 spiro atoms. The van der Waals surface area contributed by atoms with Crippen LogP contribution in [0.1, 0.15) is 0 Å². The second-order valence-corrected chi connectivity index (χ2v) is 20.2. The van der Waals surface area contributed by atoms with Gasteiger partial charge >= 0.3 is 0 Å². The molecule has 0 saturated carbocycles. The molecule has 71 heavy (non-hydrogen) atoms. The maximum atomic E-state index is 2.49. The van der Waals surface area contributed by atoms with Crippen LogP contribution in [0.4, 0.5) is 34.1 Å². The highest BCUT2D eigenvalue weighted by molar-refractivity contribution is 7.26. The van der Waals surface area contributed by atoms with Crippen LogP contribution in [0.3, 0.4) is 0 Å². The van der Waals surface area contributed by atoms with Crippen LogP contribution in [-0.4, -0.2) is 4.57 Å². The van der Waals surface area contributed by atoms with Crippen molar-refractivity contribution in [1.82, 2.24) is 4.57 Å². The van der Waals surface area contributed by atoms with E-state index in [4.69, 9.17) is 0 Å². The number of anilines is 6. The molecule has 0 atom stereocenters. The van der Waals surface area contributed by atoms with E-state index in [-0.39, 0.29) is 0 Å². The summed E-state index contributed by atoms with van der Waals surface area (Å²) in [6.07, 6.45) is 0. The van der Waals surface area contributed by atoms with Gasteiger partial charge in [0.15, 0.2) is 0 Å². The normalized spacial score (nSPS) is 11.7. The van der Waals surface area contributed by atoms with E-state index < -0.39 is 0 Å². The van der Waals surface area contributed by atoms with Gasteiger partial charge in [0, 0.05) is 90.8 Å². The Kier molecular flexibility index (Phi) is 9.90. The molecule has 3 heterocycles. The molecule has 0 aliphatic rings. The standard InChI is InChI=1S/C66H43N3S2/c1-5-20-44(21-6-1)45-36-38-50(39-37-45)67(47-22-7-2-8-23-47)51-40-46(41-52(42-51)68(48-24-9-3-10-25-48)59-32-19-35-62-63(59)54-29-14-17-33-60(54)70-62)56-43-57-53-28-13-16-31-58(53)69(49-26-11-4-12-27-49)65(57)64-55-30-15-18-34-61(55)71-66(56)64/h1-43H. The smallest absolute Gasteiger partial charge is 0.0634 e. The average Bonchev–Trinajstić information content (AvgIpc) is 4.12. The van der Waals surface area contributed by atoms with Crippen molar-refractivity contribution in [1.29, 1.82) is 0 Å². The molecular formula is C66H43N3S2. The minimum atomic E-state index is 1.06. The van der Waals surface area contributed by atoms with E-state index in [9.17, 15) is 0 Å². The number of rotatable bonds is 9. The zero-order valence-corrected chi connectivity index (χ0v) is 40.1. The molecule has 0 radical (unpaired) electrons. The molecule has 0 amide bonds. The first-order chi connectivity index (χ1) is 35.2. The lowest BCUT2D eigenvalue weighted by atomic mass is 9.97. The Bertz CT molecular complexity index is 4270. The lowest BCUT2D eigenvalue weighted by molar-refractivity contribution is 1.19. The van der Waals surface area contributed by atoms with Gasteiger partial charge in [0.2, 0.25) is 0 Å². The van der Waals surface area contributed by atoms with Crippen molar-refractivity contribution >= 4 is 119 Å². The summed E-state index contributed by atoms with van der Waals surface area (Å²) < 4.78 is 7.55. The van der Waals surface area contributed by atoms with Crippen molar-refractivity contribution in [2.75, 3.05) is 9.80 Å². The molecule has 3 aromatic heterocycles. The molecule has 334 valence electrons. The summed E-state index contributed by atoms with van der Waals surface area (Å²) in [6, 6.07) is 95.5. The first kappa shape index (κ1) is 41.3. The molecule has 0 bridgehead atoms. The second-order valence-electron chi connectivity index (χ2n) is 18.1. The van der Waals surface area contributed by atoms with Crippen LogP contribution in [0.2, 0.25) is 0 Å². The summed E-state index contributed by atoms with van der Waals surface area (Å²) in [5, 5.41) is 7.51. The predicted octanol–water partition coefficient (Wildman–Crippen LogP) is 19.8. The zero-order chi connectivity index (χ0) is 46.8. The monoisotopic (exact) mass is 941 g/mol. The average molecular weight is 942 g/mol. The van der Waals surface area contributed by atoms with Crippen molar-refractivity contribution in [3.05, 3.63) is 261 Å². The fraction of sp³-hybridized carbons (Fsp3) is 0. The van der Waals surface area contributed by atoms with Gasteiger partial charge in [-0.15, -0.1) is 22.7 Å². The van der Waals surface area contributed by atoms with Crippen molar-refractivity contribution < 1.29 is 0 Å². The molecule has 0 saturated heterocycles. The molecular weight excluding hydrogens is 899 g/mol. The minimum absolute atomic E-state index is 1.06. The van der Waals surface area contributed by atoms with Gasteiger partial charge in [-0.3, -0.25) is 0 Å². The maximum absolute atomic E-state index is 2.49. The van der Waals surface area contributed by atoms with Gasteiger partial charge in [0.1, 0.15) is 0 Å². The Morgan fingerprint density at radius 3 is 1.54 bits per heavy atom. The van der Waals surface area contributed by atoms with Crippen molar-refractivity contribution in [2.45, 2.75) is 0 Å². The molecule has 0 aliphatic heterocycles. The van der Waals surface area contributed by atoms with Crippen LogP contribution < -0.4 is 9.80 Å². The topological polar surface area (TPSA) is 11.4 Å². The highest BCUT2D eigenvalue weighted by Gasteiger charge is 2.26. The maximum Gasteiger partial charge on any atom is 0.0634 e. The Balaban J connectivity index is 1.10. The highest BCUT2D eigenvalue weighted by atomic mass is 32.1. The number of fused-ring (bicyclic) bond motifs is 10. The van der Waals surface area contributed by atoms with Crippen LogP contribution in [-0.2, 0) is 0 Å². The minimum Gasteiger partial charge on any atom is -0.310 e. The van der Waals surface area contributed by atoms with Crippen molar-refractivity contribution in [3.63, 3.8) is 0 Å². The summed E-state index contributed by atoms with van der Waals surface area (Å²) in [7, 11) is 0. The number of aromatic nitrogens is 1. The lowest BCUT2D eigenvalue weighted by Crippen LogP contribution is -2.14. The van der Waals surface area contributed by atoms with Gasteiger partial charge in [0.05, 0.1) is 16.7 Å². The summed E-state index contributed by atoms with van der Waals surface area (Å²) in [6.45, 7) is 0. The van der Waals surface area contributed by atoms with Crippen LogP contribution in [0.25, 0.3) is 90.1 Å². The highest BCUT2D eigenvalue weighted by Crippen LogP contribution is 2.51. The predicted molar refractivity (Wildman–Crippen MR) is 307 cm³/mol. The third kappa shape index (κ3) is 6.92. The number of hydrogen-bond donors (Lipinski definition) is 0.